The maximum Gasteiger partial charge on any atom is 0.326 e. The number of hydrogen-bond donors (Lipinski definition) is 0. The van der Waals surface area contributed by atoms with E-state index in [2.05, 4.69) is 53.6 Å². The molecule has 1 saturated heterocycles. The average molecular weight is 684 g/mol. The number of piperidine rings is 1. The number of aliphatic imine (C=N–C) groups is 1. The van der Waals surface area contributed by atoms with Crippen molar-refractivity contribution in [3.05, 3.63) is 98.0 Å². The molecule has 0 aromatic heterocycles. The summed E-state index contributed by atoms with van der Waals surface area (Å²) < 4.78 is 6.30. The summed E-state index contributed by atoms with van der Waals surface area (Å²) in [7, 11) is 4.20. The van der Waals surface area contributed by atoms with Gasteiger partial charge in [0.2, 0.25) is 0 Å². The summed E-state index contributed by atoms with van der Waals surface area (Å²) in [6.45, 7) is 14.2. The number of hydrogen-bond acceptors (Lipinski definition) is 4. The Labute approximate surface area is 289 Å². The summed E-state index contributed by atoms with van der Waals surface area (Å²) in [6.07, 6.45) is 1.78. The standard InChI is InChI=1S/C37H45Cl3N4O2/c1-9-46-32-23-30(35(2,3)4)31(40)22-29(32)33-41-36(5,24-10-14-26(38)15-11-24)37(6,25-12-16-27(39)17-13-25)44(33)34(45)43-20-18-28(19-21-43)42(7)8/h10-17,22-23,28H,9,18-21H2,1-8H3/t36-,37+/m0/s1. The van der Waals surface area contributed by atoms with Crippen LogP contribution in [0.1, 0.15) is 76.6 Å². The normalized spacial score (nSPS) is 22.4. The first-order valence-corrected chi connectivity index (χ1v) is 17.1. The molecule has 0 saturated carbocycles. The molecule has 0 aliphatic carbocycles. The number of nitrogens with zero attached hydrogens (tertiary/aromatic N) is 4. The molecule has 1 fully saturated rings. The van der Waals surface area contributed by atoms with Crippen LogP contribution in [-0.2, 0) is 16.5 Å². The van der Waals surface area contributed by atoms with Crippen LogP contribution in [0.3, 0.4) is 0 Å². The van der Waals surface area contributed by atoms with Crippen LogP contribution in [0.5, 0.6) is 5.75 Å². The molecule has 0 bridgehead atoms. The Morgan fingerprint density at radius 1 is 0.935 bits per heavy atom. The van der Waals surface area contributed by atoms with Crippen molar-refractivity contribution in [1.82, 2.24) is 14.7 Å². The van der Waals surface area contributed by atoms with Gasteiger partial charge in [0.15, 0.2) is 0 Å². The summed E-state index contributed by atoms with van der Waals surface area (Å²) in [5.74, 6) is 1.15. The second-order valence-corrected chi connectivity index (χ2v) is 15.2. The van der Waals surface area contributed by atoms with Gasteiger partial charge in [-0.05, 0) is 106 Å². The first-order valence-electron chi connectivity index (χ1n) is 16.0. The maximum absolute atomic E-state index is 15.1. The number of likely N-dealkylation sites (tertiary alicyclic amines) is 1. The molecule has 5 rings (SSSR count). The zero-order valence-corrected chi connectivity index (χ0v) is 30.4. The van der Waals surface area contributed by atoms with Gasteiger partial charge in [0.1, 0.15) is 22.7 Å². The van der Waals surface area contributed by atoms with Gasteiger partial charge in [-0.2, -0.15) is 0 Å². The Morgan fingerprint density at radius 2 is 1.48 bits per heavy atom. The lowest BCUT2D eigenvalue weighted by Gasteiger charge is -2.47. The number of amides is 2. The van der Waals surface area contributed by atoms with Crippen LogP contribution >= 0.6 is 34.8 Å². The van der Waals surface area contributed by atoms with Gasteiger partial charge >= 0.3 is 6.03 Å². The first-order chi connectivity index (χ1) is 21.6. The summed E-state index contributed by atoms with van der Waals surface area (Å²) in [4.78, 5) is 26.7. The lowest BCUT2D eigenvalue weighted by molar-refractivity contribution is 0.0911. The molecule has 246 valence electrons. The van der Waals surface area contributed by atoms with Crippen LogP contribution < -0.4 is 4.74 Å². The van der Waals surface area contributed by atoms with Gasteiger partial charge in [0.25, 0.3) is 0 Å². The minimum absolute atomic E-state index is 0.107. The van der Waals surface area contributed by atoms with E-state index in [1.165, 1.54) is 0 Å². The molecular weight excluding hydrogens is 639 g/mol. The summed E-state index contributed by atoms with van der Waals surface area (Å²) in [6, 6.07) is 19.7. The molecular formula is C37H45Cl3N4O2. The van der Waals surface area contributed by atoms with E-state index in [4.69, 9.17) is 44.5 Å². The minimum atomic E-state index is -0.977. The number of benzene rings is 3. The van der Waals surface area contributed by atoms with E-state index in [-0.39, 0.29) is 11.4 Å². The van der Waals surface area contributed by atoms with E-state index in [1.54, 1.807) is 0 Å². The van der Waals surface area contributed by atoms with Crippen LogP contribution in [0.15, 0.2) is 65.7 Å². The predicted octanol–water partition coefficient (Wildman–Crippen LogP) is 9.38. The Balaban J connectivity index is 1.79. The van der Waals surface area contributed by atoms with E-state index < -0.39 is 11.1 Å². The third kappa shape index (κ3) is 6.14. The zero-order chi connectivity index (χ0) is 33.6. The van der Waals surface area contributed by atoms with Crippen LogP contribution in [-0.4, -0.2) is 66.4 Å². The van der Waals surface area contributed by atoms with Crippen molar-refractivity contribution in [2.45, 2.75) is 76.9 Å². The Morgan fingerprint density at radius 3 is 1.98 bits per heavy atom. The van der Waals surface area contributed by atoms with Gasteiger partial charge < -0.3 is 14.5 Å². The molecule has 6 nitrogen and oxygen atoms in total. The van der Waals surface area contributed by atoms with Gasteiger partial charge in [-0.25, -0.2) is 4.79 Å². The van der Waals surface area contributed by atoms with Gasteiger partial charge in [0, 0.05) is 34.2 Å². The van der Waals surface area contributed by atoms with Crippen LogP contribution in [0, 0.1) is 0 Å². The molecule has 0 radical (unpaired) electrons. The topological polar surface area (TPSA) is 48.4 Å². The number of urea groups is 1. The van der Waals surface area contributed by atoms with Crippen LogP contribution in [0.2, 0.25) is 15.1 Å². The number of carbonyl (C=O) groups excluding carboxylic acids is 1. The number of carbonyl (C=O) groups is 1. The Kier molecular flexibility index (Phi) is 9.79. The molecule has 0 N–H and O–H groups in total. The summed E-state index contributed by atoms with van der Waals surface area (Å²) in [5, 5.41) is 1.84. The van der Waals surface area contributed by atoms with E-state index >= 15 is 4.79 Å². The number of rotatable bonds is 6. The average Bonchev–Trinajstić information content (AvgIpc) is 3.25. The highest BCUT2D eigenvalue weighted by atomic mass is 35.5. The molecule has 3 aromatic rings. The second-order valence-electron chi connectivity index (χ2n) is 13.9. The van der Waals surface area contributed by atoms with Gasteiger partial charge in [-0.3, -0.25) is 9.89 Å². The number of ether oxygens (including phenoxy) is 1. The monoisotopic (exact) mass is 682 g/mol. The fourth-order valence-corrected chi connectivity index (χ4v) is 7.56. The lowest BCUT2D eigenvalue weighted by atomic mass is 9.71. The van der Waals surface area contributed by atoms with Gasteiger partial charge in [-0.1, -0.05) is 79.8 Å². The molecule has 0 unspecified atom stereocenters. The van der Waals surface area contributed by atoms with Crippen LogP contribution in [0.4, 0.5) is 4.79 Å². The van der Waals surface area contributed by atoms with Crippen molar-refractivity contribution in [3.8, 4) is 5.75 Å². The largest absolute Gasteiger partial charge is 0.493 e. The van der Waals surface area contributed by atoms with Crippen molar-refractivity contribution in [3.63, 3.8) is 0 Å². The molecule has 2 atom stereocenters. The number of halogens is 3. The molecule has 2 heterocycles. The molecule has 0 spiro atoms. The van der Waals surface area contributed by atoms with Crippen LogP contribution in [0.25, 0.3) is 0 Å². The predicted molar refractivity (Wildman–Crippen MR) is 191 cm³/mol. The fraction of sp³-hybridized carbons (Fsp3) is 0.459. The highest BCUT2D eigenvalue weighted by Crippen LogP contribution is 2.54. The highest BCUT2D eigenvalue weighted by molar-refractivity contribution is 6.32. The van der Waals surface area contributed by atoms with Crippen molar-refractivity contribution in [1.29, 1.82) is 0 Å². The Bertz CT molecular complexity index is 1610. The fourth-order valence-electron chi connectivity index (χ4n) is 6.86. The summed E-state index contributed by atoms with van der Waals surface area (Å²) >= 11 is 19.8. The molecule has 9 heteroatoms. The first kappa shape index (κ1) is 34.6. The maximum atomic E-state index is 15.1. The Hall–Kier alpha value is -2.77. The van der Waals surface area contributed by atoms with E-state index in [0.29, 0.717) is 58.0 Å². The molecule has 46 heavy (non-hydrogen) atoms. The molecule has 3 aromatic carbocycles. The lowest BCUT2D eigenvalue weighted by Crippen LogP contribution is -2.59. The van der Waals surface area contributed by atoms with Gasteiger partial charge in [-0.15, -0.1) is 0 Å². The smallest absolute Gasteiger partial charge is 0.326 e. The highest BCUT2D eigenvalue weighted by Gasteiger charge is 2.60. The van der Waals surface area contributed by atoms with Crippen molar-refractivity contribution in [2.75, 3.05) is 33.8 Å². The second kappa shape index (κ2) is 13.0. The molecule has 2 aliphatic rings. The number of amidine groups is 1. The summed E-state index contributed by atoms with van der Waals surface area (Å²) in [5.41, 5.74) is 1.33. The third-order valence-electron chi connectivity index (χ3n) is 9.82. The zero-order valence-electron chi connectivity index (χ0n) is 28.1. The van der Waals surface area contributed by atoms with E-state index in [9.17, 15) is 0 Å². The van der Waals surface area contributed by atoms with E-state index in [1.807, 2.05) is 77.4 Å². The van der Waals surface area contributed by atoms with Crippen molar-refractivity contribution >= 4 is 46.7 Å². The molecule has 2 amide bonds. The quantitative estimate of drug-likeness (QED) is 0.260. The minimum Gasteiger partial charge on any atom is -0.493 e. The third-order valence-corrected chi connectivity index (χ3v) is 10.6. The van der Waals surface area contributed by atoms with Gasteiger partial charge in [0.05, 0.1) is 12.2 Å². The van der Waals surface area contributed by atoms with Crippen molar-refractivity contribution in [2.24, 2.45) is 4.99 Å². The molecule has 2 aliphatic heterocycles. The van der Waals surface area contributed by atoms with Crippen molar-refractivity contribution < 1.29 is 9.53 Å². The van der Waals surface area contributed by atoms with E-state index in [0.717, 1.165) is 29.5 Å². The SMILES string of the molecule is CCOc1cc(C(C)(C)C)c(Cl)cc1C1=N[C@@](C)(c2ccc(Cl)cc2)[C@@](C)(c2ccc(Cl)cc2)N1C(=O)N1CCC(N(C)C)CC1.